The highest BCUT2D eigenvalue weighted by Crippen LogP contribution is 2.39. The predicted molar refractivity (Wildman–Crippen MR) is 62.0 cm³/mol. The highest BCUT2D eigenvalue weighted by molar-refractivity contribution is 9.10. The molecule has 4 heteroatoms. The summed E-state index contributed by atoms with van der Waals surface area (Å²) in [6.45, 7) is 4.11. The summed E-state index contributed by atoms with van der Waals surface area (Å²) in [5, 5.41) is 0. The molecule has 2 aliphatic rings. The Morgan fingerprint density at radius 1 is 1.40 bits per heavy atom. The number of pyridine rings is 1. The Kier molecular flexibility index (Phi) is 2.21. The number of ether oxygens (including phenoxy) is 1. The molecule has 1 aromatic heterocycles. The van der Waals surface area contributed by atoms with Gasteiger partial charge in [0.25, 0.3) is 0 Å². The molecule has 2 aliphatic heterocycles. The van der Waals surface area contributed by atoms with Gasteiger partial charge in [0.15, 0.2) is 0 Å². The SMILES string of the molecule is Brc1cncc(N2CCC3(COC3)C2)c1. The molecule has 2 saturated heterocycles. The maximum atomic E-state index is 5.32. The molecule has 0 radical (unpaired) electrons. The van der Waals surface area contributed by atoms with Crippen LogP contribution in [-0.2, 0) is 4.74 Å². The molecule has 3 heterocycles. The summed E-state index contributed by atoms with van der Waals surface area (Å²) in [5.74, 6) is 0. The largest absolute Gasteiger partial charge is 0.380 e. The quantitative estimate of drug-likeness (QED) is 0.780. The first kappa shape index (κ1) is 9.60. The Bertz CT molecular complexity index is 379. The molecule has 0 aromatic carbocycles. The van der Waals surface area contributed by atoms with E-state index in [0.717, 1.165) is 30.8 Å². The van der Waals surface area contributed by atoms with Crippen molar-refractivity contribution in [1.29, 1.82) is 0 Å². The van der Waals surface area contributed by atoms with Crippen LogP contribution in [0.25, 0.3) is 0 Å². The van der Waals surface area contributed by atoms with Gasteiger partial charge >= 0.3 is 0 Å². The number of hydrogen-bond donors (Lipinski definition) is 0. The Hall–Kier alpha value is -0.610. The van der Waals surface area contributed by atoms with Gasteiger partial charge in [-0.2, -0.15) is 0 Å². The zero-order valence-electron chi connectivity index (χ0n) is 8.45. The van der Waals surface area contributed by atoms with Gasteiger partial charge in [0, 0.05) is 29.2 Å². The zero-order chi connectivity index (χ0) is 10.3. The minimum Gasteiger partial charge on any atom is -0.380 e. The topological polar surface area (TPSA) is 25.4 Å². The number of rotatable bonds is 1. The summed E-state index contributed by atoms with van der Waals surface area (Å²) in [5.41, 5.74) is 1.66. The lowest BCUT2D eigenvalue weighted by Gasteiger charge is -2.37. The lowest BCUT2D eigenvalue weighted by atomic mass is 9.85. The van der Waals surface area contributed by atoms with Crippen LogP contribution in [0.1, 0.15) is 6.42 Å². The molecule has 3 rings (SSSR count). The van der Waals surface area contributed by atoms with Crippen molar-refractivity contribution >= 4 is 21.6 Å². The van der Waals surface area contributed by atoms with Crippen molar-refractivity contribution in [3.63, 3.8) is 0 Å². The van der Waals surface area contributed by atoms with Gasteiger partial charge in [-0.1, -0.05) is 0 Å². The third-order valence-electron chi connectivity index (χ3n) is 3.31. The Balaban J connectivity index is 1.79. The van der Waals surface area contributed by atoms with Crippen molar-refractivity contribution in [2.24, 2.45) is 5.41 Å². The molecular weight excluding hydrogens is 256 g/mol. The average Bonchev–Trinajstić information content (AvgIpc) is 2.62. The standard InChI is InChI=1S/C11H13BrN2O/c12-9-3-10(5-13-4-9)14-2-1-11(6-14)7-15-8-11/h3-5H,1-2,6-8H2. The molecule has 2 fully saturated rings. The van der Waals surface area contributed by atoms with Gasteiger partial charge in [0.1, 0.15) is 0 Å². The molecule has 15 heavy (non-hydrogen) atoms. The summed E-state index contributed by atoms with van der Waals surface area (Å²) in [6, 6.07) is 2.13. The second kappa shape index (κ2) is 3.46. The lowest BCUT2D eigenvalue weighted by Crippen LogP contribution is -2.44. The van der Waals surface area contributed by atoms with E-state index >= 15 is 0 Å². The van der Waals surface area contributed by atoms with Crippen molar-refractivity contribution in [1.82, 2.24) is 4.98 Å². The summed E-state index contributed by atoms with van der Waals surface area (Å²) < 4.78 is 6.36. The van der Waals surface area contributed by atoms with Crippen molar-refractivity contribution < 1.29 is 4.74 Å². The minimum absolute atomic E-state index is 0.447. The van der Waals surface area contributed by atoms with E-state index in [0.29, 0.717) is 5.41 Å². The van der Waals surface area contributed by atoms with Crippen LogP contribution in [-0.4, -0.2) is 31.3 Å². The van der Waals surface area contributed by atoms with Gasteiger partial charge < -0.3 is 9.64 Å². The third kappa shape index (κ3) is 1.66. The fraction of sp³-hybridized carbons (Fsp3) is 0.545. The fourth-order valence-electron chi connectivity index (χ4n) is 2.36. The van der Waals surface area contributed by atoms with Gasteiger partial charge in [-0.15, -0.1) is 0 Å². The van der Waals surface area contributed by atoms with E-state index < -0.39 is 0 Å². The summed E-state index contributed by atoms with van der Waals surface area (Å²) >= 11 is 3.45. The Morgan fingerprint density at radius 3 is 2.87 bits per heavy atom. The molecule has 3 nitrogen and oxygen atoms in total. The highest BCUT2D eigenvalue weighted by atomic mass is 79.9. The Morgan fingerprint density at radius 2 is 2.27 bits per heavy atom. The van der Waals surface area contributed by atoms with Crippen LogP contribution < -0.4 is 4.90 Å². The predicted octanol–water partition coefficient (Wildman–Crippen LogP) is 2.07. The molecule has 80 valence electrons. The maximum Gasteiger partial charge on any atom is 0.0564 e. The van der Waals surface area contributed by atoms with E-state index in [2.05, 4.69) is 31.9 Å². The van der Waals surface area contributed by atoms with Crippen LogP contribution in [0.4, 0.5) is 5.69 Å². The van der Waals surface area contributed by atoms with Crippen molar-refractivity contribution in [2.75, 3.05) is 31.2 Å². The number of halogens is 1. The first-order valence-electron chi connectivity index (χ1n) is 5.21. The lowest BCUT2D eigenvalue weighted by molar-refractivity contribution is -0.0985. The molecular formula is C11H13BrN2O. The molecule has 0 amide bonds. The molecule has 0 saturated carbocycles. The first-order chi connectivity index (χ1) is 7.27. The summed E-state index contributed by atoms with van der Waals surface area (Å²) in [6.07, 6.45) is 5.00. The second-order valence-corrected chi connectivity index (χ2v) is 5.44. The molecule has 1 aromatic rings. The van der Waals surface area contributed by atoms with Crippen LogP contribution in [0.3, 0.4) is 0 Å². The van der Waals surface area contributed by atoms with E-state index in [1.54, 1.807) is 0 Å². The smallest absolute Gasteiger partial charge is 0.0564 e. The Labute approximate surface area is 97.6 Å². The molecule has 0 unspecified atom stereocenters. The molecule has 0 aliphatic carbocycles. The van der Waals surface area contributed by atoms with E-state index in [9.17, 15) is 0 Å². The maximum absolute atomic E-state index is 5.32. The van der Waals surface area contributed by atoms with Gasteiger partial charge in [-0.3, -0.25) is 4.98 Å². The molecule has 0 atom stereocenters. The first-order valence-corrected chi connectivity index (χ1v) is 6.00. The van der Waals surface area contributed by atoms with Crippen LogP contribution in [0, 0.1) is 5.41 Å². The molecule has 1 spiro atoms. The second-order valence-electron chi connectivity index (χ2n) is 4.53. The van der Waals surface area contributed by atoms with E-state index in [-0.39, 0.29) is 0 Å². The van der Waals surface area contributed by atoms with Crippen molar-refractivity contribution in [3.8, 4) is 0 Å². The van der Waals surface area contributed by atoms with Gasteiger partial charge in [0.2, 0.25) is 0 Å². The van der Waals surface area contributed by atoms with Crippen LogP contribution in [0.15, 0.2) is 22.9 Å². The van der Waals surface area contributed by atoms with Gasteiger partial charge in [-0.25, -0.2) is 0 Å². The highest BCUT2D eigenvalue weighted by Gasteiger charge is 2.44. The van der Waals surface area contributed by atoms with Gasteiger partial charge in [0.05, 0.1) is 25.1 Å². The minimum atomic E-state index is 0.447. The van der Waals surface area contributed by atoms with Crippen LogP contribution in [0.2, 0.25) is 0 Å². The number of aromatic nitrogens is 1. The number of hydrogen-bond acceptors (Lipinski definition) is 3. The normalized spacial score (nSPS) is 23.1. The molecule has 0 bridgehead atoms. The van der Waals surface area contributed by atoms with Crippen molar-refractivity contribution in [2.45, 2.75) is 6.42 Å². The average molecular weight is 269 g/mol. The monoisotopic (exact) mass is 268 g/mol. The number of anilines is 1. The summed E-state index contributed by atoms with van der Waals surface area (Å²) in [7, 11) is 0. The van der Waals surface area contributed by atoms with Gasteiger partial charge in [-0.05, 0) is 28.4 Å². The third-order valence-corrected chi connectivity index (χ3v) is 3.74. The van der Waals surface area contributed by atoms with E-state index in [1.165, 1.54) is 12.1 Å². The van der Waals surface area contributed by atoms with E-state index in [4.69, 9.17) is 4.74 Å². The summed E-state index contributed by atoms with van der Waals surface area (Å²) in [4.78, 5) is 6.60. The van der Waals surface area contributed by atoms with Crippen LogP contribution >= 0.6 is 15.9 Å². The van der Waals surface area contributed by atoms with E-state index in [1.807, 2.05) is 12.4 Å². The zero-order valence-corrected chi connectivity index (χ0v) is 10.0. The number of nitrogens with zero attached hydrogens (tertiary/aromatic N) is 2. The van der Waals surface area contributed by atoms with Crippen LogP contribution in [0.5, 0.6) is 0 Å². The fourth-order valence-corrected chi connectivity index (χ4v) is 2.71. The van der Waals surface area contributed by atoms with Crippen molar-refractivity contribution in [3.05, 3.63) is 22.9 Å². The molecule has 0 N–H and O–H groups in total.